The normalized spacial score (nSPS) is 18.5. The highest BCUT2D eigenvalue weighted by Gasteiger charge is 2.24. The SMILES string of the molecule is Cc1nc(N2CCCC(NC(=O)c3cn(C)cn3)C2)sc1C. The van der Waals surface area contributed by atoms with Crippen LogP contribution in [-0.4, -0.2) is 39.6 Å². The average molecular weight is 319 g/mol. The highest BCUT2D eigenvalue weighted by Crippen LogP contribution is 2.27. The van der Waals surface area contributed by atoms with Crippen LogP contribution in [0.4, 0.5) is 5.13 Å². The predicted molar refractivity (Wildman–Crippen MR) is 87.5 cm³/mol. The molecule has 1 unspecified atom stereocenters. The number of thiazole rings is 1. The number of nitrogens with zero attached hydrogens (tertiary/aromatic N) is 4. The standard InChI is InChI=1S/C15H21N5OS/c1-10-11(2)22-15(17-10)20-6-4-5-12(7-20)18-14(21)13-8-19(3)9-16-13/h8-9,12H,4-7H2,1-3H3,(H,18,21). The number of imidazole rings is 1. The molecule has 1 saturated heterocycles. The first-order chi connectivity index (χ1) is 10.5. The summed E-state index contributed by atoms with van der Waals surface area (Å²) >= 11 is 1.73. The Bertz CT molecular complexity index is 658. The molecule has 1 N–H and O–H groups in total. The Balaban J connectivity index is 1.64. The van der Waals surface area contributed by atoms with E-state index in [1.165, 1.54) is 4.88 Å². The number of carbonyl (C=O) groups is 1. The first kappa shape index (κ1) is 15.0. The van der Waals surface area contributed by atoms with E-state index in [0.717, 1.165) is 36.8 Å². The summed E-state index contributed by atoms with van der Waals surface area (Å²) in [4.78, 5) is 24.5. The van der Waals surface area contributed by atoms with E-state index < -0.39 is 0 Å². The van der Waals surface area contributed by atoms with Crippen LogP contribution >= 0.6 is 11.3 Å². The third-order valence-electron chi connectivity index (χ3n) is 3.98. The third-order valence-corrected chi connectivity index (χ3v) is 5.12. The van der Waals surface area contributed by atoms with Gasteiger partial charge in [-0.25, -0.2) is 9.97 Å². The minimum Gasteiger partial charge on any atom is -0.346 e. The Morgan fingerprint density at radius 1 is 1.45 bits per heavy atom. The molecule has 3 heterocycles. The van der Waals surface area contributed by atoms with Crippen molar-refractivity contribution in [3.8, 4) is 0 Å². The number of carbonyl (C=O) groups excluding carboxylic acids is 1. The van der Waals surface area contributed by atoms with Gasteiger partial charge in [0.25, 0.3) is 5.91 Å². The van der Waals surface area contributed by atoms with E-state index in [9.17, 15) is 4.79 Å². The third kappa shape index (κ3) is 3.14. The van der Waals surface area contributed by atoms with Crippen molar-refractivity contribution >= 4 is 22.4 Å². The number of anilines is 1. The van der Waals surface area contributed by atoms with Gasteiger partial charge in [0.2, 0.25) is 0 Å². The summed E-state index contributed by atoms with van der Waals surface area (Å²) in [5.74, 6) is -0.0982. The Hall–Kier alpha value is -1.89. The van der Waals surface area contributed by atoms with Crippen LogP contribution in [0.2, 0.25) is 0 Å². The van der Waals surface area contributed by atoms with Gasteiger partial charge >= 0.3 is 0 Å². The minimum atomic E-state index is -0.0982. The number of amides is 1. The van der Waals surface area contributed by atoms with Crippen LogP contribution in [-0.2, 0) is 7.05 Å². The molecule has 0 saturated carbocycles. The molecule has 118 valence electrons. The van der Waals surface area contributed by atoms with Crippen LogP contribution in [0.1, 0.15) is 33.9 Å². The molecular formula is C15H21N5OS. The van der Waals surface area contributed by atoms with E-state index in [2.05, 4.69) is 27.1 Å². The molecule has 1 amide bonds. The van der Waals surface area contributed by atoms with E-state index in [0.29, 0.717) is 5.69 Å². The summed E-state index contributed by atoms with van der Waals surface area (Å²) in [6, 6.07) is 0.146. The van der Waals surface area contributed by atoms with Crippen LogP contribution in [0.5, 0.6) is 0 Å². The van der Waals surface area contributed by atoms with Crippen molar-refractivity contribution in [1.29, 1.82) is 0 Å². The molecule has 0 bridgehead atoms. The van der Waals surface area contributed by atoms with Gasteiger partial charge in [-0.1, -0.05) is 0 Å². The number of aromatic nitrogens is 3. The maximum absolute atomic E-state index is 12.2. The van der Waals surface area contributed by atoms with Crippen LogP contribution in [0.15, 0.2) is 12.5 Å². The van der Waals surface area contributed by atoms with Crippen molar-refractivity contribution in [1.82, 2.24) is 19.9 Å². The number of piperidine rings is 1. The molecular weight excluding hydrogens is 298 g/mol. The van der Waals surface area contributed by atoms with Gasteiger partial charge in [0.1, 0.15) is 5.69 Å². The molecule has 22 heavy (non-hydrogen) atoms. The summed E-state index contributed by atoms with van der Waals surface area (Å²) in [5.41, 5.74) is 1.57. The summed E-state index contributed by atoms with van der Waals surface area (Å²) < 4.78 is 1.78. The first-order valence-electron chi connectivity index (χ1n) is 7.50. The molecule has 7 heteroatoms. The van der Waals surface area contributed by atoms with Crippen LogP contribution in [0, 0.1) is 13.8 Å². The quantitative estimate of drug-likeness (QED) is 0.938. The van der Waals surface area contributed by atoms with E-state index >= 15 is 0 Å². The molecule has 0 radical (unpaired) electrons. The van der Waals surface area contributed by atoms with Gasteiger partial charge < -0.3 is 14.8 Å². The zero-order valence-corrected chi connectivity index (χ0v) is 14.0. The molecule has 1 fully saturated rings. The zero-order valence-electron chi connectivity index (χ0n) is 13.2. The van der Waals surface area contributed by atoms with E-state index in [1.54, 1.807) is 28.4 Å². The van der Waals surface area contributed by atoms with Gasteiger partial charge in [0.05, 0.1) is 12.0 Å². The van der Waals surface area contributed by atoms with Crippen molar-refractivity contribution in [2.24, 2.45) is 7.05 Å². The predicted octanol–water partition coefficient (Wildman–Crippen LogP) is 1.89. The lowest BCUT2D eigenvalue weighted by Gasteiger charge is -2.32. The van der Waals surface area contributed by atoms with Crippen LogP contribution in [0.25, 0.3) is 0 Å². The van der Waals surface area contributed by atoms with Crippen molar-refractivity contribution in [3.63, 3.8) is 0 Å². The highest BCUT2D eigenvalue weighted by molar-refractivity contribution is 7.15. The molecule has 0 aliphatic carbocycles. The molecule has 3 rings (SSSR count). The zero-order chi connectivity index (χ0) is 15.7. The Labute approximate surface area is 134 Å². The fourth-order valence-electron chi connectivity index (χ4n) is 2.65. The fourth-order valence-corrected chi connectivity index (χ4v) is 3.59. The Kier molecular flexibility index (Phi) is 4.15. The lowest BCUT2D eigenvalue weighted by atomic mass is 10.1. The van der Waals surface area contributed by atoms with Gasteiger partial charge in [-0.05, 0) is 26.7 Å². The lowest BCUT2D eigenvalue weighted by molar-refractivity contribution is 0.0928. The van der Waals surface area contributed by atoms with Gasteiger partial charge in [-0.15, -0.1) is 11.3 Å². The van der Waals surface area contributed by atoms with Crippen LogP contribution in [0.3, 0.4) is 0 Å². The van der Waals surface area contributed by atoms with Crippen molar-refractivity contribution in [3.05, 3.63) is 28.8 Å². The number of rotatable bonds is 3. The topological polar surface area (TPSA) is 63.1 Å². The van der Waals surface area contributed by atoms with Gasteiger partial charge in [0.15, 0.2) is 5.13 Å². The minimum absolute atomic E-state index is 0.0982. The smallest absolute Gasteiger partial charge is 0.271 e. The number of hydrogen-bond acceptors (Lipinski definition) is 5. The van der Waals surface area contributed by atoms with E-state index in [-0.39, 0.29) is 11.9 Å². The summed E-state index contributed by atoms with van der Waals surface area (Å²) in [5, 5.41) is 4.15. The monoisotopic (exact) mass is 319 g/mol. The Morgan fingerprint density at radius 3 is 2.91 bits per heavy atom. The van der Waals surface area contributed by atoms with Crippen molar-refractivity contribution in [2.45, 2.75) is 32.7 Å². The van der Waals surface area contributed by atoms with Crippen LogP contribution < -0.4 is 10.2 Å². The number of nitrogens with one attached hydrogen (secondary N) is 1. The number of aryl methyl sites for hydroxylation is 3. The Morgan fingerprint density at radius 2 is 2.27 bits per heavy atom. The largest absolute Gasteiger partial charge is 0.346 e. The van der Waals surface area contributed by atoms with Gasteiger partial charge in [-0.2, -0.15) is 0 Å². The maximum atomic E-state index is 12.2. The first-order valence-corrected chi connectivity index (χ1v) is 8.32. The van der Waals surface area contributed by atoms with E-state index in [4.69, 9.17) is 0 Å². The van der Waals surface area contributed by atoms with E-state index in [1.807, 2.05) is 14.0 Å². The summed E-state index contributed by atoms with van der Waals surface area (Å²) in [7, 11) is 1.86. The average Bonchev–Trinajstić information content (AvgIpc) is 3.06. The molecule has 1 aliphatic heterocycles. The van der Waals surface area contributed by atoms with Crippen molar-refractivity contribution in [2.75, 3.05) is 18.0 Å². The molecule has 1 atom stereocenters. The molecule has 0 spiro atoms. The maximum Gasteiger partial charge on any atom is 0.271 e. The summed E-state index contributed by atoms with van der Waals surface area (Å²) in [6.07, 6.45) is 5.44. The second kappa shape index (κ2) is 6.08. The van der Waals surface area contributed by atoms with Gasteiger partial charge in [-0.3, -0.25) is 4.79 Å². The molecule has 2 aromatic rings. The molecule has 2 aromatic heterocycles. The highest BCUT2D eigenvalue weighted by atomic mass is 32.1. The summed E-state index contributed by atoms with van der Waals surface area (Å²) in [6.45, 7) is 5.95. The second-order valence-corrected chi connectivity index (χ2v) is 7.00. The van der Waals surface area contributed by atoms with Crippen molar-refractivity contribution < 1.29 is 4.79 Å². The number of hydrogen-bond donors (Lipinski definition) is 1. The van der Waals surface area contributed by atoms with Gasteiger partial charge in [0, 0.05) is 37.3 Å². The second-order valence-electron chi connectivity index (χ2n) is 5.82. The molecule has 6 nitrogen and oxygen atoms in total. The lowest BCUT2D eigenvalue weighted by Crippen LogP contribution is -2.47. The molecule has 0 aromatic carbocycles. The fraction of sp³-hybridized carbons (Fsp3) is 0.533. The molecule has 1 aliphatic rings.